The molecule has 0 N–H and O–H groups in total. The van der Waals surface area contributed by atoms with Crippen LogP contribution in [-0.4, -0.2) is 18.3 Å². The van der Waals surface area contributed by atoms with Crippen molar-refractivity contribution < 1.29 is 18.3 Å². The van der Waals surface area contributed by atoms with Crippen LogP contribution >= 0.6 is 0 Å². The lowest BCUT2D eigenvalue weighted by molar-refractivity contribution is -0.124. The van der Waals surface area contributed by atoms with Crippen LogP contribution in [0.15, 0.2) is 18.2 Å². The number of hydrogen-bond donors (Lipinski definition) is 0. The van der Waals surface area contributed by atoms with Gasteiger partial charge in [-0.2, -0.15) is 5.26 Å². The molecule has 2 aliphatic rings. The third-order valence-corrected chi connectivity index (χ3v) is 5.00. The first kappa shape index (κ1) is 15.4. The summed E-state index contributed by atoms with van der Waals surface area (Å²) < 4.78 is 39.1. The van der Waals surface area contributed by atoms with Crippen LogP contribution in [0.1, 0.15) is 31.7 Å². The van der Waals surface area contributed by atoms with Crippen LogP contribution in [0.2, 0.25) is 0 Å². The average Bonchev–Trinajstić information content (AvgIpc) is 2.82. The van der Waals surface area contributed by atoms with Crippen molar-refractivity contribution in [3.05, 3.63) is 35.4 Å². The van der Waals surface area contributed by atoms with Crippen molar-refractivity contribution in [2.75, 3.05) is 6.61 Å². The first-order valence-electron chi connectivity index (χ1n) is 7.59. The minimum atomic E-state index is -0.597. The predicted octanol–water partition coefficient (Wildman–Crippen LogP) is 3.58. The predicted molar refractivity (Wildman–Crippen MR) is 75.7 cm³/mol. The van der Waals surface area contributed by atoms with Crippen LogP contribution in [0.4, 0.5) is 8.78 Å². The maximum absolute atomic E-state index is 13.7. The Kier molecular flexibility index (Phi) is 4.16. The zero-order valence-electron chi connectivity index (χ0n) is 12.5. The van der Waals surface area contributed by atoms with Gasteiger partial charge in [-0.1, -0.05) is 6.07 Å². The van der Waals surface area contributed by atoms with Gasteiger partial charge < -0.3 is 9.47 Å². The Morgan fingerprint density at radius 3 is 2.82 bits per heavy atom. The molecule has 4 atom stereocenters. The molecule has 1 saturated heterocycles. The van der Waals surface area contributed by atoms with Crippen molar-refractivity contribution >= 4 is 0 Å². The topological polar surface area (TPSA) is 42.2 Å². The lowest BCUT2D eigenvalue weighted by Gasteiger charge is -2.39. The molecule has 1 aromatic carbocycles. The fourth-order valence-electron chi connectivity index (χ4n) is 3.65. The molecule has 3 nitrogen and oxygen atoms in total. The SMILES string of the molecule is CC12CC(CO1)C(CC#N)CC2OCc1c(F)cccc1F. The molecule has 4 unspecified atom stereocenters. The smallest absolute Gasteiger partial charge is 0.131 e. The van der Waals surface area contributed by atoms with Crippen molar-refractivity contribution in [1.29, 1.82) is 5.26 Å². The zero-order valence-corrected chi connectivity index (χ0v) is 12.5. The van der Waals surface area contributed by atoms with E-state index in [9.17, 15) is 8.78 Å². The molecule has 3 rings (SSSR count). The summed E-state index contributed by atoms with van der Waals surface area (Å²) in [6.45, 7) is 2.50. The van der Waals surface area contributed by atoms with E-state index in [0.717, 1.165) is 6.42 Å². The lowest BCUT2D eigenvalue weighted by atomic mass is 9.72. The number of nitriles is 1. The maximum atomic E-state index is 13.7. The van der Waals surface area contributed by atoms with Gasteiger partial charge in [-0.15, -0.1) is 0 Å². The molecule has 2 bridgehead atoms. The van der Waals surface area contributed by atoms with Gasteiger partial charge in [0.15, 0.2) is 0 Å². The van der Waals surface area contributed by atoms with E-state index in [-0.39, 0.29) is 24.2 Å². The summed E-state index contributed by atoms with van der Waals surface area (Å²) in [6.07, 6.45) is 1.76. The second-order valence-electron chi connectivity index (χ2n) is 6.45. The number of halogens is 2. The lowest BCUT2D eigenvalue weighted by Crippen LogP contribution is -2.45. The molecule has 2 fully saturated rings. The van der Waals surface area contributed by atoms with E-state index < -0.39 is 17.2 Å². The van der Waals surface area contributed by atoms with E-state index in [4.69, 9.17) is 14.7 Å². The van der Waals surface area contributed by atoms with Gasteiger partial charge in [-0.3, -0.25) is 0 Å². The third-order valence-electron chi connectivity index (χ3n) is 5.00. The first-order chi connectivity index (χ1) is 10.5. The van der Waals surface area contributed by atoms with E-state index in [2.05, 4.69) is 6.07 Å². The first-order valence-corrected chi connectivity index (χ1v) is 7.59. The van der Waals surface area contributed by atoms with E-state index in [1.807, 2.05) is 6.92 Å². The summed E-state index contributed by atoms with van der Waals surface area (Å²) in [4.78, 5) is 0. The Hall–Kier alpha value is -1.51. The molecular weight excluding hydrogens is 288 g/mol. The fourth-order valence-corrected chi connectivity index (χ4v) is 3.65. The Bertz CT molecular complexity index is 581. The third kappa shape index (κ3) is 2.73. The highest BCUT2D eigenvalue weighted by Gasteiger charge is 2.51. The molecule has 118 valence electrons. The van der Waals surface area contributed by atoms with Gasteiger partial charge in [0, 0.05) is 12.0 Å². The Morgan fingerprint density at radius 1 is 1.41 bits per heavy atom. The summed E-state index contributed by atoms with van der Waals surface area (Å²) >= 11 is 0. The minimum Gasteiger partial charge on any atom is -0.372 e. The van der Waals surface area contributed by atoms with Crippen molar-refractivity contribution in [2.24, 2.45) is 11.8 Å². The molecule has 1 saturated carbocycles. The fraction of sp³-hybridized carbons (Fsp3) is 0.588. The summed E-state index contributed by atoms with van der Waals surface area (Å²) in [7, 11) is 0. The Balaban J connectivity index is 1.72. The number of nitrogens with zero attached hydrogens (tertiary/aromatic N) is 1. The molecule has 5 heteroatoms. The van der Waals surface area contributed by atoms with Crippen LogP contribution in [0.3, 0.4) is 0 Å². The summed E-state index contributed by atoms with van der Waals surface area (Å²) in [5, 5.41) is 8.95. The largest absolute Gasteiger partial charge is 0.372 e. The van der Waals surface area contributed by atoms with Crippen molar-refractivity contribution in [3.63, 3.8) is 0 Å². The molecular formula is C17H19F2NO2. The number of fused-ring (bicyclic) bond motifs is 2. The number of ether oxygens (including phenoxy) is 2. The van der Waals surface area contributed by atoms with Crippen LogP contribution in [0.5, 0.6) is 0 Å². The second-order valence-corrected chi connectivity index (χ2v) is 6.45. The quantitative estimate of drug-likeness (QED) is 0.854. The van der Waals surface area contributed by atoms with Gasteiger partial charge in [-0.05, 0) is 43.7 Å². The Morgan fingerprint density at radius 2 is 2.14 bits per heavy atom. The highest BCUT2D eigenvalue weighted by atomic mass is 19.1. The van der Waals surface area contributed by atoms with Crippen LogP contribution in [0.25, 0.3) is 0 Å². The molecule has 22 heavy (non-hydrogen) atoms. The molecule has 1 heterocycles. The van der Waals surface area contributed by atoms with Crippen molar-refractivity contribution in [1.82, 2.24) is 0 Å². The van der Waals surface area contributed by atoms with E-state index in [1.54, 1.807) is 0 Å². The van der Waals surface area contributed by atoms with Crippen molar-refractivity contribution in [2.45, 2.75) is 44.5 Å². The highest BCUT2D eigenvalue weighted by Crippen LogP contribution is 2.47. The second kappa shape index (κ2) is 5.94. The number of benzene rings is 1. The summed E-state index contributed by atoms with van der Waals surface area (Å²) in [5.74, 6) is -0.578. The van der Waals surface area contributed by atoms with Gasteiger partial charge in [0.1, 0.15) is 11.6 Å². The van der Waals surface area contributed by atoms with Crippen LogP contribution in [0, 0.1) is 34.8 Å². The number of rotatable bonds is 4. The summed E-state index contributed by atoms with van der Waals surface area (Å²) in [5.41, 5.74) is -0.471. The van der Waals surface area contributed by atoms with E-state index in [1.165, 1.54) is 18.2 Å². The van der Waals surface area contributed by atoms with Gasteiger partial charge in [0.2, 0.25) is 0 Å². The van der Waals surface area contributed by atoms with Gasteiger partial charge in [0.25, 0.3) is 0 Å². The van der Waals surface area contributed by atoms with Crippen LogP contribution in [-0.2, 0) is 16.1 Å². The molecule has 1 aliphatic carbocycles. The Labute approximate surface area is 128 Å². The maximum Gasteiger partial charge on any atom is 0.131 e. The van der Waals surface area contributed by atoms with Gasteiger partial charge in [0.05, 0.1) is 31.0 Å². The monoisotopic (exact) mass is 307 g/mol. The van der Waals surface area contributed by atoms with Gasteiger partial charge in [-0.25, -0.2) is 8.78 Å². The standard InChI is InChI=1S/C17H19F2NO2/c1-17-8-12(9-22-17)11(5-6-20)7-16(17)21-10-13-14(18)3-2-4-15(13)19/h2-4,11-12,16H,5,7-10H2,1H3. The molecule has 1 aliphatic heterocycles. The molecule has 0 radical (unpaired) electrons. The highest BCUT2D eigenvalue weighted by molar-refractivity contribution is 5.19. The van der Waals surface area contributed by atoms with Crippen LogP contribution < -0.4 is 0 Å². The number of hydrogen-bond acceptors (Lipinski definition) is 3. The summed E-state index contributed by atoms with van der Waals surface area (Å²) in [6, 6.07) is 6.01. The molecule has 1 aromatic rings. The van der Waals surface area contributed by atoms with Gasteiger partial charge >= 0.3 is 0 Å². The molecule has 0 amide bonds. The van der Waals surface area contributed by atoms with E-state index in [0.29, 0.717) is 25.4 Å². The average molecular weight is 307 g/mol. The minimum absolute atomic E-state index is 0.0527. The zero-order chi connectivity index (χ0) is 15.7. The normalized spacial score (nSPS) is 33.6. The van der Waals surface area contributed by atoms with Crippen molar-refractivity contribution in [3.8, 4) is 6.07 Å². The van der Waals surface area contributed by atoms with E-state index >= 15 is 0 Å². The molecule has 0 aromatic heterocycles. The molecule has 0 spiro atoms.